The smallest absolute Gasteiger partial charge is 0.150 e. The number of rotatable bonds is 3. The lowest BCUT2D eigenvalue weighted by atomic mass is 10.1. The van der Waals surface area contributed by atoms with Crippen molar-refractivity contribution in [1.29, 1.82) is 5.26 Å². The van der Waals surface area contributed by atoms with Gasteiger partial charge in [-0.15, -0.1) is 0 Å². The first kappa shape index (κ1) is 12.3. The lowest BCUT2D eigenvalue weighted by Gasteiger charge is -2.07. The Morgan fingerprint density at radius 3 is 2.83 bits per heavy atom. The van der Waals surface area contributed by atoms with Gasteiger partial charge in [0, 0.05) is 16.2 Å². The number of aromatic nitrogens is 1. The van der Waals surface area contributed by atoms with Crippen LogP contribution in [0, 0.1) is 11.3 Å². The molecule has 1 heterocycles. The molecule has 2 aromatic rings. The first-order valence-electron chi connectivity index (χ1n) is 5.00. The molecule has 88 valence electrons. The predicted octanol–water partition coefficient (Wildman–Crippen LogP) is 3.32. The van der Waals surface area contributed by atoms with E-state index in [0.29, 0.717) is 28.9 Å². The molecule has 0 amide bonds. The third-order valence-electron chi connectivity index (χ3n) is 2.17. The number of nitrogens with zero attached hydrogens (tertiary/aromatic N) is 2. The quantitative estimate of drug-likeness (QED) is 0.816. The van der Waals surface area contributed by atoms with Crippen molar-refractivity contribution in [3.8, 4) is 17.6 Å². The van der Waals surface area contributed by atoms with Gasteiger partial charge in [0.15, 0.2) is 0 Å². The van der Waals surface area contributed by atoms with Crippen LogP contribution in [0.25, 0.3) is 0 Å². The van der Waals surface area contributed by atoms with Gasteiger partial charge in [-0.2, -0.15) is 5.26 Å². The van der Waals surface area contributed by atoms with Crippen molar-refractivity contribution in [2.45, 2.75) is 0 Å². The van der Waals surface area contributed by atoms with Gasteiger partial charge in [-0.25, -0.2) is 0 Å². The molecule has 0 fully saturated rings. The van der Waals surface area contributed by atoms with E-state index in [1.165, 1.54) is 6.07 Å². The van der Waals surface area contributed by atoms with Crippen LogP contribution in [0.5, 0.6) is 11.5 Å². The van der Waals surface area contributed by atoms with Crippen LogP contribution in [0.15, 0.2) is 41.1 Å². The Morgan fingerprint density at radius 1 is 1.33 bits per heavy atom. The Labute approximate surface area is 112 Å². The maximum Gasteiger partial charge on any atom is 0.150 e. The summed E-state index contributed by atoms with van der Waals surface area (Å²) in [6.45, 7) is 0. The zero-order chi connectivity index (χ0) is 13.0. The summed E-state index contributed by atoms with van der Waals surface area (Å²) in [7, 11) is 0. The number of aldehydes is 1. The Balaban J connectivity index is 2.35. The second-order valence-electron chi connectivity index (χ2n) is 3.43. The number of benzene rings is 1. The van der Waals surface area contributed by atoms with Gasteiger partial charge < -0.3 is 4.74 Å². The van der Waals surface area contributed by atoms with Crippen LogP contribution < -0.4 is 4.74 Å². The maximum atomic E-state index is 10.6. The minimum Gasteiger partial charge on any atom is -0.454 e. The normalized spacial score (nSPS) is 9.56. The molecule has 0 spiro atoms. The van der Waals surface area contributed by atoms with Crippen LogP contribution in [-0.2, 0) is 0 Å². The Bertz CT molecular complexity index is 635. The van der Waals surface area contributed by atoms with Gasteiger partial charge >= 0.3 is 0 Å². The molecule has 0 unspecified atom stereocenters. The molecule has 5 heteroatoms. The molecule has 0 N–H and O–H groups in total. The SMILES string of the molecule is N#Cc1cc(C=O)ccc1Oc1cncc(Br)c1. The zero-order valence-electron chi connectivity index (χ0n) is 9.13. The standard InChI is InChI=1S/C13H7BrN2O2/c14-11-4-12(7-16-6-11)18-13-2-1-9(8-17)3-10(13)5-15/h1-4,6-8H. The van der Waals surface area contributed by atoms with Crippen LogP contribution in [0.2, 0.25) is 0 Å². The van der Waals surface area contributed by atoms with Gasteiger partial charge in [0.05, 0.1) is 11.8 Å². The fraction of sp³-hybridized carbons (Fsp3) is 0. The average Bonchev–Trinajstić information content (AvgIpc) is 2.39. The first-order valence-corrected chi connectivity index (χ1v) is 5.80. The Morgan fingerprint density at radius 2 is 2.17 bits per heavy atom. The van der Waals surface area contributed by atoms with Crippen molar-refractivity contribution >= 4 is 22.2 Å². The molecule has 0 bridgehead atoms. The van der Waals surface area contributed by atoms with Gasteiger partial charge in [0.1, 0.15) is 23.9 Å². The van der Waals surface area contributed by atoms with Gasteiger partial charge in [0.2, 0.25) is 0 Å². The highest BCUT2D eigenvalue weighted by molar-refractivity contribution is 9.10. The summed E-state index contributed by atoms with van der Waals surface area (Å²) in [5.74, 6) is 0.905. The number of hydrogen-bond donors (Lipinski definition) is 0. The van der Waals surface area contributed by atoms with E-state index in [0.717, 1.165) is 4.47 Å². The summed E-state index contributed by atoms with van der Waals surface area (Å²) in [5, 5.41) is 9.00. The summed E-state index contributed by atoms with van der Waals surface area (Å²) >= 11 is 3.28. The average molecular weight is 303 g/mol. The number of carbonyl (C=O) groups is 1. The van der Waals surface area contributed by atoms with E-state index in [-0.39, 0.29) is 0 Å². The van der Waals surface area contributed by atoms with Crippen LogP contribution in [-0.4, -0.2) is 11.3 Å². The lowest BCUT2D eigenvalue weighted by molar-refractivity contribution is 0.112. The van der Waals surface area contributed by atoms with Gasteiger partial charge in [-0.1, -0.05) is 0 Å². The Hall–Kier alpha value is -2.19. The number of halogens is 1. The minimum absolute atomic E-state index is 0.305. The molecular weight excluding hydrogens is 296 g/mol. The van der Waals surface area contributed by atoms with Crippen molar-refractivity contribution in [2.75, 3.05) is 0 Å². The fourth-order valence-electron chi connectivity index (χ4n) is 1.37. The van der Waals surface area contributed by atoms with Crippen molar-refractivity contribution in [3.05, 3.63) is 52.3 Å². The molecule has 0 aliphatic carbocycles. The van der Waals surface area contributed by atoms with Crippen molar-refractivity contribution in [3.63, 3.8) is 0 Å². The minimum atomic E-state index is 0.305. The molecule has 18 heavy (non-hydrogen) atoms. The number of carbonyl (C=O) groups excluding carboxylic acids is 1. The Kier molecular flexibility index (Phi) is 3.70. The van der Waals surface area contributed by atoms with Gasteiger partial charge in [-0.05, 0) is 40.2 Å². The summed E-state index contributed by atoms with van der Waals surface area (Å²) in [6, 6.07) is 8.39. The van der Waals surface area contributed by atoms with Gasteiger partial charge in [0.25, 0.3) is 0 Å². The van der Waals surface area contributed by atoms with Crippen LogP contribution in [0.1, 0.15) is 15.9 Å². The molecule has 1 aromatic carbocycles. The van der Waals surface area contributed by atoms with Crippen LogP contribution in [0.4, 0.5) is 0 Å². The summed E-state index contributed by atoms with van der Waals surface area (Å²) in [6.07, 6.45) is 3.86. The molecule has 0 radical (unpaired) electrons. The van der Waals surface area contributed by atoms with E-state index >= 15 is 0 Å². The zero-order valence-corrected chi connectivity index (χ0v) is 10.7. The van der Waals surface area contributed by atoms with E-state index in [1.54, 1.807) is 30.6 Å². The van der Waals surface area contributed by atoms with Crippen LogP contribution in [0.3, 0.4) is 0 Å². The molecule has 0 saturated heterocycles. The number of nitriles is 1. The molecule has 2 rings (SSSR count). The highest BCUT2D eigenvalue weighted by atomic mass is 79.9. The van der Waals surface area contributed by atoms with E-state index in [9.17, 15) is 4.79 Å². The van der Waals surface area contributed by atoms with Crippen molar-refractivity contribution in [1.82, 2.24) is 4.98 Å². The van der Waals surface area contributed by atoms with Crippen molar-refractivity contribution < 1.29 is 9.53 Å². The summed E-state index contributed by atoms with van der Waals surface area (Å²) in [4.78, 5) is 14.6. The molecule has 0 aliphatic rings. The highest BCUT2D eigenvalue weighted by Crippen LogP contribution is 2.26. The summed E-state index contributed by atoms with van der Waals surface area (Å²) < 4.78 is 6.33. The second kappa shape index (κ2) is 5.43. The van der Waals surface area contributed by atoms with E-state index in [1.807, 2.05) is 6.07 Å². The first-order chi connectivity index (χ1) is 8.72. The molecule has 1 aromatic heterocycles. The van der Waals surface area contributed by atoms with Crippen molar-refractivity contribution in [2.24, 2.45) is 0 Å². The largest absolute Gasteiger partial charge is 0.454 e. The number of pyridine rings is 1. The highest BCUT2D eigenvalue weighted by Gasteiger charge is 2.06. The third-order valence-corrected chi connectivity index (χ3v) is 2.60. The van der Waals surface area contributed by atoms with Crippen LogP contribution >= 0.6 is 15.9 Å². The lowest BCUT2D eigenvalue weighted by Crippen LogP contribution is -1.91. The topological polar surface area (TPSA) is 63.0 Å². The number of ether oxygens (including phenoxy) is 1. The predicted molar refractivity (Wildman–Crippen MR) is 68.6 cm³/mol. The monoisotopic (exact) mass is 302 g/mol. The fourth-order valence-corrected chi connectivity index (χ4v) is 1.72. The van der Waals surface area contributed by atoms with Gasteiger partial charge in [-0.3, -0.25) is 9.78 Å². The molecule has 4 nitrogen and oxygen atoms in total. The molecule has 0 aliphatic heterocycles. The third kappa shape index (κ3) is 2.73. The molecule has 0 atom stereocenters. The van der Waals surface area contributed by atoms with E-state index < -0.39 is 0 Å². The number of hydrogen-bond acceptors (Lipinski definition) is 4. The maximum absolute atomic E-state index is 10.6. The van der Waals surface area contributed by atoms with E-state index in [4.69, 9.17) is 10.00 Å². The molecule has 0 saturated carbocycles. The second-order valence-corrected chi connectivity index (χ2v) is 4.34. The summed E-state index contributed by atoms with van der Waals surface area (Å²) in [5.41, 5.74) is 0.742. The van der Waals surface area contributed by atoms with E-state index in [2.05, 4.69) is 20.9 Å². The molecular formula is C13H7BrN2O2.